The average molecular weight is 514 g/mol. The van der Waals surface area contributed by atoms with Crippen LogP contribution in [0.15, 0.2) is 84.0 Å². The number of aromatic nitrogens is 3. The van der Waals surface area contributed by atoms with Gasteiger partial charge >= 0.3 is 5.97 Å². The highest BCUT2D eigenvalue weighted by Crippen LogP contribution is 2.24. The fraction of sp³-hybridized carbons (Fsp3) is 0.148. The largest absolute Gasteiger partial charge is 0.486 e. The average Bonchev–Trinajstić information content (AvgIpc) is 3.35. The zero-order valence-electron chi connectivity index (χ0n) is 20.0. The summed E-state index contributed by atoms with van der Waals surface area (Å²) in [6.45, 7) is 2.19. The fourth-order valence-electron chi connectivity index (χ4n) is 3.33. The highest BCUT2D eigenvalue weighted by atomic mass is 32.2. The number of carbonyl (C=O) groups is 2. The second kappa shape index (κ2) is 12.4. The minimum atomic E-state index is -0.407. The van der Waals surface area contributed by atoms with Gasteiger partial charge in [0.25, 0.3) is 0 Å². The van der Waals surface area contributed by atoms with Crippen LogP contribution in [-0.4, -0.2) is 39.0 Å². The Morgan fingerprint density at radius 1 is 1.00 bits per heavy atom. The molecule has 1 heterocycles. The minimum absolute atomic E-state index is 0.0983. The molecule has 1 N–H and O–H groups in total. The Kier molecular flexibility index (Phi) is 8.52. The lowest BCUT2D eigenvalue weighted by Crippen LogP contribution is -2.15. The van der Waals surface area contributed by atoms with Gasteiger partial charge in [-0.1, -0.05) is 30.0 Å². The quantitative estimate of drug-likeness (QED) is 0.241. The monoisotopic (exact) mass is 513 g/mol. The van der Waals surface area contributed by atoms with Crippen molar-refractivity contribution in [2.24, 2.45) is 0 Å². The van der Waals surface area contributed by atoms with Crippen LogP contribution in [0.2, 0.25) is 0 Å². The van der Waals surface area contributed by atoms with Crippen molar-refractivity contribution in [3.05, 3.63) is 95.8 Å². The summed E-state index contributed by atoms with van der Waals surface area (Å²) in [5.41, 5.74) is 2.37. The molecule has 4 aromatic rings. The molecule has 0 saturated carbocycles. The molecule has 0 saturated heterocycles. The molecule has 186 valence electrons. The topological polar surface area (TPSA) is 119 Å². The van der Waals surface area contributed by atoms with Gasteiger partial charge in [0.1, 0.15) is 12.4 Å². The molecular weight excluding hydrogens is 490 g/mol. The van der Waals surface area contributed by atoms with E-state index in [1.807, 2.05) is 34.9 Å². The maximum absolute atomic E-state index is 12.6. The first-order chi connectivity index (χ1) is 18.1. The Hall–Kier alpha value is -4.62. The predicted octanol–water partition coefficient (Wildman–Crippen LogP) is 4.63. The van der Waals surface area contributed by atoms with Gasteiger partial charge in [0, 0.05) is 11.4 Å². The normalized spacial score (nSPS) is 10.4. The zero-order valence-corrected chi connectivity index (χ0v) is 20.8. The molecule has 0 unspecified atom stereocenters. The van der Waals surface area contributed by atoms with E-state index in [2.05, 4.69) is 21.6 Å². The van der Waals surface area contributed by atoms with Gasteiger partial charge in [0.05, 0.1) is 29.6 Å². The van der Waals surface area contributed by atoms with Gasteiger partial charge in [-0.3, -0.25) is 9.36 Å². The predicted molar refractivity (Wildman–Crippen MR) is 139 cm³/mol. The first-order valence-corrected chi connectivity index (χ1v) is 12.4. The number of hydrogen-bond donors (Lipinski definition) is 1. The summed E-state index contributed by atoms with van der Waals surface area (Å²) in [7, 11) is 0. The van der Waals surface area contributed by atoms with Gasteiger partial charge in [-0.25, -0.2) is 4.79 Å². The van der Waals surface area contributed by atoms with E-state index in [0.29, 0.717) is 40.2 Å². The molecule has 0 bridgehead atoms. The molecule has 37 heavy (non-hydrogen) atoms. The second-order valence-corrected chi connectivity index (χ2v) is 8.57. The Labute approximate surface area is 218 Å². The summed E-state index contributed by atoms with van der Waals surface area (Å²) < 4.78 is 12.7. The molecule has 1 amide bonds. The molecule has 0 aliphatic rings. The van der Waals surface area contributed by atoms with Crippen molar-refractivity contribution >= 4 is 29.3 Å². The number of nitrogens with one attached hydrogen (secondary N) is 1. The summed E-state index contributed by atoms with van der Waals surface area (Å²) in [5, 5.41) is 20.9. The van der Waals surface area contributed by atoms with Gasteiger partial charge in [0.2, 0.25) is 5.91 Å². The van der Waals surface area contributed by atoms with Crippen molar-refractivity contribution in [1.29, 1.82) is 5.26 Å². The summed E-state index contributed by atoms with van der Waals surface area (Å²) in [5.74, 6) is 0.625. The number of nitriles is 1. The van der Waals surface area contributed by atoms with E-state index in [9.17, 15) is 9.59 Å². The SMILES string of the molecule is CCOC(=O)c1ccc(NC(=O)CSc2nnc(COc3ccc(C#N)cc3)n2-c2ccccc2)cc1. The van der Waals surface area contributed by atoms with Crippen molar-refractivity contribution in [1.82, 2.24) is 14.8 Å². The van der Waals surface area contributed by atoms with E-state index < -0.39 is 5.97 Å². The number of thioether (sulfide) groups is 1. The highest BCUT2D eigenvalue weighted by Gasteiger charge is 2.17. The van der Waals surface area contributed by atoms with Crippen molar-refractivity contribution in [2.75, 3.05) is 17.7 Å². The third-order valence-corrected chi connectivity index (χ3v) is 6.01. The molecule has 0 fully saturated rings. The molecule has 10 heteroatoms. The summed E-state index contributed by atoms with van der Waals surface area (Å²) in [6, 6.07) is 25.0. The number of carbonyl (C=O) groups excluding carboxylic acids is 2. The van der Waals surface area contributed by atoms with Crippen LogP contribution >= 0.6 is 11.8 Å². The Morgan fingerprint density at radius 3 is 2.41 bits per heavy atom. The van der Waals surface area contributed by atoms with E-state index in [0.717, 1.165) is 5.69 Å². The molecule has 0 aliphatic heterocycles. The van der Waals surface area contributed by atoms with Gasteiger partial charge in [0.15, 0.2) is 11.0 Å². The number of anilines is 1. The summed E-state index contributed by atoms with van der Waals surface area (Å²) >= 11 is 1.24. The van der Waals surface area contributed by atoms with Gasteiger partial charge in [-0.2, -0.15) is 5.26 Å². The van der Waals surface area contributed by atoms with Crippen molar-refractivity contribution in [3.63, 3.8) is 0 Å². The number of esters is 1. The van der Waals surface area contributed by atoms with Crippen LogP contribution in [0.25, 0.3) is 5.69 Å². The molecule has 4 rings (SSSR count). The van der Waals surface area contributed by atoms with Crippen LogP contribution in [0.3, 0.4) is 0 Å². The number of rotatable bonds is 10. The van der Waals surface area contributed by atoms with Crippen LogP contribution in [-0.2, 0) is 16.1 Å². The minimum Gasteiger partial charge on any atom is -0.486 e. The molecule has 0 atom stereocenters. The maximum Gasteiger partial charge on any atom is 0.338 e. The number of ether oxygens (including phenoxy) is 2. The van der Waals surface area contributed by atoms with Crippen molar-refractivity contribution < 1.29 is 19.1 Å². The van der Waals surface area contributed by atoms with Crippen molar-refractivity contribution in [2.45, 2.75) is 18.7 Å². The number of hydrogen-bond acceptors (Lipinski definition) is 8. The van der Waals surface area contributed by atoms with E-state index >= 15 is 0 Å². The molecule has 9 nitrogen and oxygen atoms in total. The first-order valence-electron chi connectivity index (χ1n) is 11.4. The van der Waals surface area contributed by atoms with Gasteiger partial charge in [-0.05, 0) is 67.6 Å². The van der Waals surface area contributed by atoms with Crippen LogP contribution in [0, 0.1) is 11.3 Å². The maximum atomic E-state index is 12.6. The van der Waals surface area contributed by atoms with E-state index in [-0.39, 0.29) is 18.3 Å². The molecule has 3 aromatic carbocycles. The number of benzene rings is 3. The third kappa shape index (κ3) is 6.74. The molecule has 0 aliphatic carbocycles. The summed E-state index contributed by atoms with van der Waals surface area (Å²) in [6.07, 6.45) is 0. The lowest BCUT2D eigenvalue weighted by Gasteiger charge is -2.11. The number of amides is 1. The zero-order chi connectivity index (χ0) is 26.0. The Bertz CT molecular complexity index is 1400. The standard InChI is InChI=1S/C27H23N5O4S/c1-2-35-26(34)20-10-12-21(13-11-20)29-25(33)18-37-27-31-30-24(32(27)22-6-4-3-5-7-22)17-36-23-14-8-19(16-28)9-15-23/h3-15H,2,17-18H2,1H3,(H,29,33). The second-order valence-electron chi connectivity index (χ2n) is 7.63. The van der Waals surface area contributed by atoms with E-state index in [1.165, 1.54) is 11.8 Å². The molecule has 0 radical (unpaired) electrons. The number of para-hydroxylation sites is 1. The van der Waals surface area contributed by atoms with Crippen LogP contribution < -0.4 is 10.1 Å². The van der Waals surface area contributed by atoms with E-state index in [4.69, 9.17) is 14.7 Å². The fourth-order valence-corrected chi connectivity index (χ4v) is 4.10. The highest BCUT2D eigenvalue weighted by molar-refractivity contribution is 7.99. The van der Waals surface area contributed by atoms with Crippen LogP contribution in [0.5, 0.6) is 5.75 Å². The Balaban J connectivity index is 1.42. The van der Waals surface area contributed by atoms with Crippen molar-refractivity contribution in [3.8, 4) is 17.5 Å². The molecule has 0 spiro atoms. The third-order valence-electron chi connectivity index (χ3n) is 5.08. The van der Waals surface area contributed by atoms with Gasteiger partial charge < -0.3 is 14.8 Å². The lowest BCUT2D eigenvalue weighted by atomic mass is 10.2. The molecule has 1 aromatic heterocycles. The van der Waals surface area contributed by atoms with Crippen LogP contribution in [0.4, 0.5) is 5.69 Å². The smallest absolute Gasteiger partial charge is 0.338 e. The van der Waals surface area contributed by atoms with Crippen LogP contribution in [0.1, 0.15) is 28.7 Å². The van der Waals surface area contributed by atoms with E-state index in [1.54, 1.807) is 55.5 Å². The lowest BCUT2D eigenvalue weighted by molar-refractivity contribution is -0.113. The van der Waals surface area contributed by atoms with Gasteiger partial charge in [-0.15, -0.1) is 10.2 Å². The molecular formula is C27H23N5O4S. The Morgan fingerprint density at radius 2 is 1.73 bits per heavy atom. The number of nitrogens with zero attached hydrogens (tertiary/aromatic N) is 4. The summed E-state index contributed by atoms with van der Waals surface area (Å²) in [4.78, 5) is 24.4. The first kappa shape index (κ1) is 25.5.